The fourth-order valence-corrected chi connectivity index (χ4v) is 3.67. The highest BCUT2D eigenvalue weighted by molar-refractivity contribution is 9.11. The van der Waals surface area contributed by atoms with E-state index in [-0.39, 0.29) is 0 Å². The monoisotopic (exact) mass is 317 g/mol. The molecule has 0 aliphatic heterocycles. The molecule has 4 heteroatoms. The van der Waals surface area contributed by atoms with Crippen LogP contribution >= 0.6 is 27.3 Å². The molecule has 1 fully saturated rings. The Morgan fingerprint density at radius 3 is 2.88 bits per heavy atom. The van der Waals surface area contributed by atoms with Crippen LogP contribution in [0.15, 0.2) is 15.9 Å². The Morgan fingerprint density at radius 1 is 1.47 bits per heavy atom. The molecule has 0 radical (unpaired) electrons. The van der Waals surface area contributed by atoms with E-state index in [2.05, 4.69) is 40.3 Å². The van der Waals surface area contributed by atoms with Crippen molar-refractivity contribution in [2.75, 3.05) is 13.2 Å². The van der Waals surface area contributed by atoms with Crippen LogP contribution in [0.25, 0.3) is 0 Å². The molecule has 0 amide bonds. The average Bonchev–Trinajstić information content (AvgIpc) is 2.95. The van der Waals surface area contributed by atoms with E-state index in [1.807, 2.05) is 0 Å². The summed E-state index contributed by atoms with van der Waals surface area (Å²) in [5, 5.41) is 3.50. The summed E-state index contributed by atoms with van der Waals surface area (Å²) >= 11 is 5.29. The molecule has 96 valence electrons. The molecule has 1 N–H and O–H groups in total. The molecule has 2 nitrogen and oxygen atoms in total. The third-order valence-corrected chi connectivity index (χ3v) is 5.04. The minimum atomic E-state index is 0.415. The maximum Gasteiger partial charge on any atom is 0.0701 e. The molecule has 1 heterocycles. The molecule has 1 atom stereocenters. The summed E-state index contributed by atoms with van der Waals surface area (Å²) in [5.74, 6) is 0. The summed E-state index contributed by atoms with van der Waals surface area (Å²) in [6.45, 7) is 3.97. The Labute approximate surface area is 116 Å². The Kier molecular flexibility index (Phi) is 5.48. The van der Waals surface area contributed by atoms with E-state index >= 15 is 0 Å². The first-order valence-electron chi connectivity index (χ1n) is 6.36. The van der Waals surface area contributed by atoms with E-state index in [1.165, 1.54) is 34.3 Å². The fraction of sp³-hybridized carbons (Fsp3) is 0.692. The molecular formula is C13H20BrNOS. The molecule has 0 saturated heterocycles. The molecule has 2 rings (SSSR count). The second-order valence-corrected chi connectivity index (χ2v) is 7.09. The Morgan fingerprint density at radius 2 is 2.24 bits per heavy atom. The molecule has 1 aromatic heterocycles. The van der Waals surface area contributed by atoms with E-state index in [9.17, 15) is 0 Å². The quantitative estimate of drug-likeness (QED) is 0.797. The highest BCUT2D eigenvalue weighted by atomic mass is 79.9. The molecule has 1 aromatic rings. The third kappa shape index (κ3) is 4.36. The molecule has 1 saturated carbocycles. The van der Waals surface area contributed by atoms with Crippen LogP contribution in [0.4, 0.5) is 0 Å². The largest absolute Gasteiger partial charge is 0.377 e. The maximum absolute atomic E-state index is 5.83. The first-order valence-corrected chi connectivity index (χ1v) is 7.97. The van der Waals surface area contributed by atoms with Crippen LogP contribution in [-0.2, 0) is 4.74 Å². The highest BCUT2D eigenvalue weighted by Crippen LogP contribution is 2.27. The van der Waals surface area contributed by atoms with Gasteiger partial charge in [-0.1, -0.05) is 12.8 Å². The van der Waals surface area contributed by atoms with Crippen molar-refractivity contribution in [1.82, 2.24) is 5.32 Å². The highest BCUT2D eigenvalue weighted by Gasteiger charge is 2.15. The van der Waals surface area contributed by atoms with Crippen LogP contribution in [-0.4, -0.2) is 19.3 Å². The van der Waals surface area contributed by atoms with Crippen molar-refractivity contribution in [1.29, 1.82) is 0 Å². The predicted molar refractivity (Wildman–Crippen MR) is 76.6 cm³/mol. The van der Waals surface area contributed by atoms with Gasteiger partial charge in [0.1, 0.15) is 0 Å². The van der Waals surface area contributed by atoms with E-state index in [0.29, 0.717) is 12.1 Å². The number of hydrogen-bond donors (Lipinski definition) is 1. The van der Waals surface area contributed by atoms with Crippen molar-refractivity contribution in [2.45, 2.75) is 44.8 Å². The van der Waals surface area contributed by atoms with E-state index < -0.39 is 0 Å². The summed E-state index contributed by atoms with van der Waals surface area (Å²) in [6, 6.07) is 4.69. The Balaban J connectivity index is 1.61. The minimum Gasteiger partial charge on any atom is -0.377 e. The van der Waals surface area contributed by atoms with Crippen molar-refractivity contribution in [3.05, 3.63) is 20.8 Å². The summed E-state index contributed by atoms with van der Waals surface area (Å²) in [4.78, 5) is 1.37. The van der Waals surface area contributed by atoms with E-state index in [4.69, 9.17) is 4.74 Å². The van der Waals surface area contributed by atoms with Crippen LogP contribution in [0.3, 0.4) is 0 Å². The van der Waals surface area contributed by atoms with Crippen LogP contribution in [0.2, 0.25) is 0 Å². The van der Waals surface area contributed by atoms with Gasteiger partial charge < -0.3 is 10.1 Å². The number of halogens is 1. The lowest BCUT2D eigenvalue weighted by Gasteiger charge is -2.14. The molecule has 1 unspecified atom stereocenters. The summed E-state index contributed by atoms with van der Waals surface area (Å²) in [7, 11) is 0. The number of ether oxygens (including phenoxy) is 1. The van der Waals surface area contributed by atoms with Crippen LogP contribution in [0.5, 0.6) is 0 Å². The van der Waals surface area contributed by atoms with Gasteiger partial charge in [0, 0.05) is 17.5 Å². The van der Waals surface area contributed by atoms with Gasteiger partial charge in [-0.05, 0) is 47.8 Å². The molecule has 0 spiro atoms. The Hall–Kier alpha value is 0.1000. The van der Waals surface area contributed by atoms with Gasteiger partial charge in [-0.3, -0.25) is 0 Å². The normalized spacial score (nSPS) is 18.7. The van der Waals surface area contributed by atoms with Gasteiger partial charge in [0.05, 0.1) is 16.5 Å². The zero-order valence-electron chi connectivity index (χ0n) is 10.2. The molecule has 17 heavy (non-hydrogen) atoms. The van der Waals surface area contributed by atoms with Crippen molar-refractivity contribution >= 4 is 27.3 Å². The predicted octanol–water partition coefficient (Wildman–Crippen LogP) is 4.12. The third-order valence-electron chi connectivity index (χ3n) is 3.23. The maximum atomic E-state index is 5.83. The van der Waals surface area contributed by atoms with Crippen LogP contribution in [0.1, 0.15) is 43.5 Å². The van der Waals surface area contributed by atoms with E-state index in [1.54, 1.807) is 11.3 Å². The van der Waals surface area contributed by atoms with Crippen molar-refractivity contribution in [3.63, 3.8) is 0 Å². The van der Waals surface area contributed by atoms with Crippen LogP contribution in [0, 0.1) is 0 Å². The molecular weight excluding hydrogens is 298 g/mol. The average molecular weight is 318 g/mol. The van der Waals surface area contributed by atoms with Gasteiger partial charge in [0.15, 0.2) is 0 Å². The van der Waals surface area contributed by atoms with Crippen molar-refractivity contribution < 1.29 is 4.74 Å². The second kappa shape index (κ2) is 6.88. The van der Waals surface area contributed by atoms with Gasteiger partial charge in [-0.2, -0.15) is 0 Å². The van der Waals surface area contributed by atoms with Gasteiger partial charge >= 0.3 is 0 Å². The lowest BCUT2D eigenvalue weighted by Crippen LogP contribution is -2.24. The summed E-state index contributed by atoms with van der Waals surface area (Å²) in [5.41, 5.74) is 0. The number of hydrogen-bond acceptors (Lipinski definition) is 3. The summed E-state index contributed by atoms with van der Waals surface area (Å²) < 4.78 is 7.02. The molecule has 0 aromatic carbocycles. The first-order chi connectivity index (χ1) is 8.25. The standard InChI is InChI=1S/C13H20BrNOS/c1-10(12-6-7-13(14)17-12)15-8-9-16-11-4-2-3-5-11/h6-7,10-11,15H,2-5,8-9H2,1H3. The van der Waals surface area contributed by atoms with Gasteiger partial charge in [0.2, 0.25) is 0 Å². The molecule has 0 bridgehead atoms. The van der Waals surface area contributed by atoms with Crippen molar-refractivity contribution in [3.8, 4) is 0 Å². The second-order valence-electron chi connectivity index (χ2n) is 4.59. The van der Waals surface area contributed by atoms with Crippen molar-refractivity contribution in [2.24, 2.45) is 0 Å². The zero-order chi connectivity index (χ0) is 12.1. The lowest BCUT2D eigenvalue weighted by atomic mass is 10.3. The van der Waals surface area contributed by atoms with E-state index in [0.717, 1.165) is 13.2 Å². The smallest absolute Gasteiger partial charge is 0.0701 e. The molecule has 1 aliphatic carbocycles. The zero-order valence-corrected chi connectivity index (χ0v) is 12.6. The van der Waals surface area contributed by atoms with Gasteiger partial charge in [0.25, 0.3) is 0 Å². The van der Waals surface area contributed by atoms with Crippen LogP contribution < -0.4 is 5.32 Å². The minimum absolute atomic E-state index is 0.415. The SMILES string of the molecule is CC(NCCOC1CCCC1)c1ccc(Br)s1. The Bertz CT molecular complexity index is 336. The van der Waals surface area contributed by atoms with Gasteiger partial charge in [-0.25, -0.2) is 0 Å². The fourth-order valence-electron chi connectivity index (χ4n) is 2.22. The number of nitrogens with one attached hydrogen (secondary N) is 1. The first kappa shape index (κ1) is 13.5. The van der Waals surface area contributed by atoms with Gasteiger partial charge in [-0.15, -0.1) is 11.3 Å². The number of rotatable bonds is 6. The molecule has 1 aliphatic rings. The number of thiophene rings is 1. The topological polar surface area (TPSA) is 21.3 Å². The lowest BCUT2D eigenvalue weighted by molar-refractivity contribution is 0.0594. The summed E-state index contributed by atoms with van der Waals surface area (Å²) in [6.07, 6.45) is 5.74.